The number of aromatic amines is 1. The quantitative estimate of drug-likeness (QED) is 0.872. The van der Waals surface area contributed by atoms with Crippen LogP contribution in [0.25, 0.3) is 10.9 Å². The van der Waals surface area contributed by atoms with E-state index in [0.717, 1.165) is 0 Å². The molecule has 0 fully saturated rings. The molecule has 0 saturated carbocycles. The monoisotopic (exact) mass is 295 g/mol. The van der Waals surface area contributed by atoms with Crippen molar-refractivity contribution in [2.75, 3.05) is 13.1 Å². The van der Waals surface area contributed by atoms with Gasteiger partial charge in [0, 0.05) is 5.02 Å². The SMILES string of the molecule is CCN(CC(=O)O)Cc1nc2ccc(Cl)cc2c(=O)[nH]1. The molecule has 0 aliphatic heterocycles. The lowest BCUT2D eigenvalue weighted by molar-refractivity contribution is -0.138. The highest BCUT2D eigenvalue weighted by atomic mass is 35.5. The number of nitrogens with one attached hydrogen (secondary N) is 1. The Labute approximate surface area is 120 Å². The van der Waals surface area contributed by atoms with Crippen LogP contribution in [0.4, 0.5) is 0 Å². The van der Waals surface area contributed by atoms with Crippen LogP contribution in [0.5, 0.6) is 0 Å². The average Bonchev–Trinajstić information content (AvgIpc) is 2.38. The topological polar surface area (TPSA) is 86.3 Å². The second kappa shape index (κ2) is 6.02. The number of hydrogen-bond acceptors (Lipinski definition) is 4. The van der Waals surface area contributed by atoms with E-state index in [4.69, 9.17) is 16.7 Å². The molecule has 2 aromatic rings. The maximum atomic E-state index is 12.0. The molecular weight excluding hydrogens is 282 g/mol. The van der Waals surface area contributed by atoms with Crippen molar-refractivity contribution >= 4 is 28.5 Å². The van der Waals surface area contributed by atoms with Crippen molar-refractivity contribution in [3.05, 3.63) is 39.4 Å². The summed E-state index contributed by atoms with van der Waals surface area (Å²) in [6.45, 7) is 2.58. The van der Waals surface area contributed by atoms with Gasteiger partial charge in [0.2, 0.25) is 0 Å². The molecule has 0 atom stereocenters. The van der Waals surface area contributed by atoms with Crippen molar-refractivity contribution in [3.8, 4) is 0 Å². The summed E-state index contributed by atoms with van der Waals surface area (Å²) in [6, 6.07) is 4.89. The molecule has 20 heavy (non-hydrogen) atoms. The number of carboxylic acid groups (broad SMARTS) is 1. The van der Waals surface area contributed by atoms with Gasteiger partial charge >= 0.3 is 5.97 Å². The zero-order valence-electron chi connectivity index (χ0n) is 10.9. The highest BCUT2D eigenvalue weighted by Crippen LogP contribution is 2.14. The molecule has 0 spiro atoms. The third-order valence-corrected chi connectivity index (χ3v) is 3.13. The number of fused-ring (bicyclic) bond motifs is 1. The summed E-state index contributed by atoms with van der Waals surface area (Å²) >= 11 is 5.84. The van der Waals surface area contributed by atoms with Gasteiger partial charge < -0.3 is 10.1 Å². The number of carboxylic acids is 1. The first-order chi connectivity index (χ1) is 9.49. The minimum Gasteiger partial charge on any atom is -0.480 e. The Bertz CT molecular complexity index is 699. The first-order valence-electron chi connectivity index (χ1n) is 6.12. The molecule has 0 aliphatic rings. The Morgan fingerprint density at radius 2 is 2.25 bits per heavy atom. The van der Waals surface area contributed by atoms with Crippen LogP contribution in [-0.2, 0) is 11.3 Å². The predicted octanol–water partition coefficient (Wildman–Crippen LogP) is 1.48. The normalized spacial score (nSPS) is 11.2. The van der Waals surface area contributed by atoms with Crippen LogP contribution in [0.15, 0.2) is 23.0 Å². The number of aliphatic carboxylic acids is 1. The molecule has 1 aromatic heterocycles. The number of likely N-dealkylation sites (N-methyl/N-ethyl adjacent to an activating group) is 1. The predicted molar refractivity (Wildman–Crippen MR) is 76.0 cm³/mol. The summed E-state index contributed by atoms with van der Waals surface area (Å²) in [4.78, 5) is 31.3. The van der Waals surface area contributed by atoms with Crippen LogP contribution in [-0.4, -0.2) is 39.0 Å². The van der Waals surface area contributed by atoms with Crippen LogP contribution in [0.2, 0.25) is 5.02 Å². The fraction of sp³-hybridized carbons (Fsp3) is 0.308. The van der Waals surface area contributed by atoms with Gasteiger partial charge in [0.25, 0.3) is 5.56 Å². The Morgan fingerprint density at radius 1 is 1.50 bits per heavy atom. The largest absolute Gasteiger partial charge is 0.480 e. The van der Waals surface area contributed by atoms with Gasteiger partial charge in [-0.15, -0.1) is 0 Å². The fourth-order valence-corrected chi connectivity index (χ4v) is 2.09. The van der Waals surface area contributed by atoms with Crippen LogP contribution in [0.3, 0.4) is 0 Å². The lowest BCUT2D eigenvalue weighted by atomic mass is 10.2. The van der Waals surface area contributed by atoms with Crippen molar-refractivity contribution in [2.45, 2.75) is 13.5 Å². The summed E-state index contributed by atoms with van der Waals surface area (Å²) in [5.41, 5.74) is 0.262. The van der Waals surface area contributed by atoms with Gasteiger partial charge in [0.05, 0.1) is 24.0 Å². The summed E-state index contributed by atoms with van der Waals surface area (Å²) in [5, 5.41) is 9.69. The van der Waals surface area contributed by atoms with Gasteiger partial charge in [-0.1, -0.05) is 18.5 Å². The molecule has 0 aliphatic carbocycles. The van der Waals surface area contributed by atoms with Crippen molar-refractivity contribution in [2.24, 2.45) is 0 Å². The van der Waals surface area contributed by atoms with E-state index in [1.165, 1.54) is 0 Å². The first kappa shape index (κ1) is 14.5. The van der Waals surface area contributed by atoms with E-state index in [0.29, 0.717) is 28.3 Å². The van der Waals surface area contributed by atoms with Gasteiger partial charge in [0.1, 0.15) is 5.82 Å². The highest BCUT2D eigenvalue weighted by molar-refractivity contribution is 6.31. The number of halogens is 1. The van der Waals surface area contributed by atoms with Crippen molar-refractivity contribution < 1.29 is 9.90 Å². The first-order valence-corrected chi connectivity index (χ1v) is 6.50. The number of nitrogens with zero attached hydrogens (tertiary/aromatic N) is 2. The van der Waals surface area contributed by atoms with Gasteiger partial charge in [-0.2, -0.15) is 0 Å². The molecule has 106 valence electrons. The third-order valence-electron chi connectivity index (χ3n) is 2.90. The van der Waals surface area contributed by atoms with E-state index in [-0.39, 0.29) is 18.6 Å². The second-order valence-corrected chi connectivity index (χ2v) is 4.81. The van der Waals surface area contributed by atoms with Gasteiger partial charge in [-0.3, -0.25) is 14.5 Å². The lowest BCUT2D eigenvalue weighted by Gasteiger charge is -2.17. The molecule has 0 amide bonds. The summed E-state index contributed by atoms with van der Waals surface area (Å²) in [7, 11) is 0. The number of benzene rings is 1. The molecule has 0 radical (unpaired) electrons. The number of rotatable bonds is 5. The zero-order chi connectivity index (χ0) is 14.7. The minimum atomic E-state index is -0.915. The third kappa shape index (κ3) is 3.34. The number of aromatic nitrogens is 2. The van der Waals surface area contributed by atoms with Crippen molar-refractivity contribution in [1.82, 2.24) is 14.9 Å². The van der Waals surface area contributed by atoms with E-state index < -0.39 is 5.97 Å². The second-order valence-electron chi connectivity index (χ2n) is 4.37. The van der Waals surface area contributed by atoms with Crippen LogP contribution < -0.4 is 5.56 Å². The van der Waals surface area contributed by atoms with Crippen LogP contribution in [0, 0.1) is 0 Å². The molecule has 0 bridgehead atoms. The maximum Gasteiger partial charge on any atom is 0.317 e. The molecular formula is C13H14ClN3O3. The van der Waals surface area contributed by atoms with Crippen molar-refractivity contribution in [1.29, 1.82) is 0 Å². The van der Waals surface area contributed by atoms with E-state index in [1.54, 1.807) is 23.1 Å². The fourth-order valence-electron chi connectivity index (χ4n) is 1.92. The highest BCUT2D eigenvalue weighted by Gasteiger charge is 2.11. The van der Waals surface area contributed by atoms with E-state index in [9.17, 15) is 9.59 Å². The summed E-state index contributed by atoms with van der Waals surface area (Å²) in [5.74, 6) is -0.477. The molecule has 7 heteroatoms. The van der Waals surface area contributed by atoms with Crippen LogP contribution >= 0.6 is 11.6 Å². The molecule has 6 nitrogen and oxygen atoms in total. The number of carbonyl (C=O) groups is 1. The van der Waals surface area contributed by atoms with Crippen LogP contribution in [0.1, 0.15) is 12.7 Å². The Morgan fingerprint density at radius 3 is 2.90 bits per heavy atom. The molecule has 1 aromatic carbocycles. The van der Waals surface area contributed by atoms with E-state index >= 15 is 0 Å². The summed E-state index contributed by atoms with van der Waals surface area (Å²) in [6.07, 6.45) is 0. The summed E-state index contributed by atoms with van der Waals surface area (Å²) < 4.78 is 0. The average molecular weight is 296 g/mol. The number of H-pyrrole nitrogens is 1. The molecule has 1 heterocycles. The smallest absolute Gasteiger partial charge is 0.317 e. The Kier molecular flexibility index (Phi) is 4.36. The van der Waals surface area contributed by atoms with Gasteiger partial charge in [0.15, 0.2) is 0 Å². The van der Waals surface area contributed by atoms with Gasteiger partial charge in [-0.25, -0.2) is 4.98 Å². The van der Waals surface area contributed by atoms with E-state index in [2.05, 4.69) is 9.97 Å². The lowest BCUT2D eigenvalue weighted by Crippen LogP contribution is -2.30. The molecule has 0 unspecified atom stereocenters. The molecule has 0 saturated heterocycles. The maximum absolute atomic E-state index is 12.0. The standard InChI is InChI=1S/C13H14ClN3O3/c1-2-17(7-12(18)19)6-11-15-10-4-3-8(14)5-9(10)13(20)16-11/h3-5H,2,6-7H2,1H3,(H,18,19)(H,15,16,20). The van der Waals surface area contributed by atoms with Gasteiger partial charge in [-0.05, 0) is 24.7 Å². The Balaban J connectivity index is 2.34. The molecule has 2 rings (SSSR count). The van der Waals surface area contributed by atoms with E-state index in [1.807, 2.05) is 6.92 Å². The number of hydrogen-bond donors (Lipinski definition) is 2. The van der Waals surface area contributed by atoms with Crippen molar-refractivity contribution in [3.63, 3.8) is 0 Å². The zero-order valence-corrected chi connectivity index (χ0v) is 11.6. The molecule has 2 N–H and O–H groups in total. The minimum absolute atomic E-state index is 0.0983. The Hall–Kier alpha value is -1.92.